The summed E-state index contributed by atoms with van der Waals surface area (Å²) in [5, 5.41) is 2.59. The number of rotatable bonds is 3. The molecule has 0 atom stereocenters. The van der Waals surface area contributed by atoms with Crippen LogP contribution in [0.3, 0.4) is 0 Å². The number of nitrogens with two attached hydrogens (primary N) is 1. The van der Waals surface area contributed by atoms with Crippen molar-refractivity contribution in [2.75, 3.05) is 18.2 Å². The minimum atomic E-state index is -0.648. The second-order valence-electron chi connectivity index (χ2n) is 3.52. The number of methoxy groups -OCH3 is 1. The summed E-state index contributed by atoms with van der Waals surface area (Å²) in [6.45, 7) is 0. The number of anilines is 3. The first kappa shape index (κ1) is 13.5. The second-order valence-corrected chi connectivity index (χ2v) is 4.37. The number of benzene rings is 1. The molecule has 0 radical (unpaired) electrons. The van der Waals surface area contributed by atoms with Crippen molar-refractivity contribution < 1.29 is 13.5 Å². The fourth-order valence-corrected chi connectivity index (χ4v) is 1.70. The van der Waals surface area contributed by atoms with Gasteiger partial charge in [-0.3, -0.25) is 0 Å². The summed E-state index contributed by atoms with van der Waals surface area (Å²) >= 11 is 2.89. The van der Waals surface area contributed by atoms with E-state index in [1.165, 1.54) is 13.4 Å². The number of nitrogen functional groups attached to an aromatic ring is 1. The lowest BCUT2D eigenvalue weighted by molar-refractivity contribution is 0.399. The summed E-state index contributed by atoms with van der Waals surface area (Å²) in [7, 11) is 1.39. The van der Waals surface area contributed by atoms with E-state index in [-0.39, 0.29) is 27.5 Å². The van der Waals surface area contributed by atoms with Crippen LogP contribution in [0.4, 0.5) is 26.0 Å². The standard InChI is InChI=1S/C11H9BrF2N4O/c1-19-11-9(15)10(16-4-17-11)18-8-3-6(13)5(12)2-7(8)14/h2-4H,15H2,1H3,(H,16,17,18). The maximum absolute atomic E-state index is 13.7. The predicted molar refractivity (Wildman–Crippen MR) is 70.3 cm³/mol. The normalized spacial score (nSPS) is 10.3. The van der Waals surface area contributed by atoms with Crippen LogP contribution in [-0.4, -0.2) is 17.1 Å². The van der Waals surface area contributed by atoms with Gasteiger partial charge < -0.3 is 15.8 Å². The smallest absolute Gasteiger partial charge is 0.242 e. The number of halogens is 3. The molecule has 0 bridgehead atoms. The Morgan fingerprint density at radius 1 is 1.26 bits per heavy atom. The zero-order valence-electron chi connectivity index (χ0n) is 9.75. The van der Waals surface area contributed by atoms with Crippen LogP contribution in [0.15, 0.2) is 22.9 Å². The van der Waals surface area contributed by atoms with Gasteiger partial charge >= 0.3 is 0 Å². The van der Waals surface area contributed by atoms with Crippen LogP contribution in [0.1, 0.15) is 0 Å². The average molecular weight is 331 g/mol. The zero-order valence-corrected chi connectivity index (χ0v) is 11.3. The second kappa shape index (κ2) is 5.35. The third-order valence-electron chi connectivity index (χ3n) is 2.30. The van der Waals surface area contributed by atoms with Gasteiger partial charge in [0.25, 0.3) is 0 Å². The van der Waals surface area contributed by atoms with Crippen molar-refractivity contribution in [2.45, 2.75) is 0 Å². The van der Waals surface area contributed by atoms with E-state index in [1.807, 2.05) is 0 Å². The van der Waals surface area contributed by atoms with Crippen molar-refractivity contribution >= 4 is 33.1 Å². The molecular weight excluding hydrogens is 322 g/mol. The van der Waals surface area contributed by atoms with E-state index >= 15 is 0 Å². The van der Waals surface area contributed by atoms with E-state index in [4.69, 9.17) is 10.5 Å². The minimum absolute atomic E-state index is 0.0313. The Bertz CT molecular complexity index is 624. The Morgan fingerprint density at radius 3 is 2.68 bits per heavy atom. The van der Waals surface area contributed by atoms with E-state index in [1.54, 1.807) is 0 Å². The molecule has 0 saturated carbocycles. The highest BCUT2D eigenvalue weighted by molar-refractivity contribution is 9.10. The highest BCUT2D eigenvalue weighted by Crippen LogP contribution is 2.30. The highest BCUT2D eigenvalue weighted by atomic mass is 79.9. The van der Waals surface area contributed by atoms with Crippen molar-refractivity contribution in [2.24, 2.45) is 0 Å². The van der Waals surface area contributed by atoms with Crippen molar-refractivity contribution in [1.29, 1.82) is 0 Å². The Morgan fingerprint density at radius 2 is 2.00 bits per heavy atom. The van der Waals surface area contributed by atoms with Crippen LogP contribution in [0.5, 0.6) is 5.88 Å². The lowest BCUT2D eigenvalue weighted by Crippen LogP contribution is -2.04. The molecule has 1 aromatic heterocycles. The molecule has 2 rings (SSSR count). The number of nitrogens with one attached hydrogen (secondary N) is 1. The molecule has 1 aromatic carbocycles. The van der Waals surface area contributed by atoms with Gasteiger partial charge in [-0.2, -0.15) is 4.98 Å². The van der Waals surface area contributed by atoms with Crippen molar-refractivity contribution in [3.63, 3.8) is 0 Å². The summed E-state index contributed by atoms with van der Waals surface area (Å²) in [5.74, 6) is -0.975. The topological polar surface area (TPSA) is 73.1 Å². The number of aromatic nitrogens is 2. The van der Waals surface area contributed by atoms with E-state index in [0.29, 0.717) is 0 Å². The minimum Gasteiger partial charge on any atom is -0.479 e. The number of ether oxygens (including phenoxy) is 1. The Labute approximate surface area is 115 Å². The van der Waals surface area contributed by atoms with Crippen molar-refractivity contribution in [3.8, 4) is 5.88 Å². The molecule has 0 aliphatic carbocycles. The maximum Gasteiger partial charge on any atom is 0.242 e. The summed E-state index contributed by atoms with van der Waals surface area (Å²) in [6, 6.07) is 2.00. The SMILES string of the molecule is COc1ncnc(Nc2cc(F)c(Br)cc2F)c1N. The molecular formula is C11H9BrF2N4O. The molecule has 0 aliphatic rings. The van der Waals surface area contributed by atoms with Gasteiger partial charge in [-0.05, 0) is 22.0 Å². The van der Waals surface area contributed by atoms with Crippen LogP contribution in [0.25, 0.3) is 0 Å². The fourth-order valence-electron chi connectivity index (χ4n) is 1.39. The summed E-state index contributed by atoms with van der Waals surface area (Å²) in [4.78, 5) is 7.63. The van der Waals surface area contributed by atoms with E-state index in [9.17, 15) is 8.78 Å². The monoisotopic (exact) mass is 330 g/mol. The van der Waals surface area contributed by atoms with Crippen LogP contribution >= 0.6 is 15.9 Å². The first-order valence-electron chi connectivity index (χ1n) is 5.09. The predicted octanol–water partition coefficient (Wildman–Crippen LogP) is 2.85. The molecule has 1 heterocycles. The lowest BCUT2D eigenvalue weighted by Gasteiger charge is -2.11. The molecule has 0 saturated heterocycles. The Hall–Kier alpha value is -1.96. The summed E-state index contributed by atoms with van der Waals surface area (Å²) in [6.07, 6.45) is 1.20. The quantitative estimate of drug-likeness (QED) is 0.846. The third-order valence-corrected chi connectivity index (χ3v) is 2.91. The van der Waals surface area contributed by atoms with Gasteiger partial charge in [0.15, 0.2) is 5.82 Å². The summed E-state index contributed by atoms with van der Waals surface area (Å²) < 4.78 is 32.0. The fraction of sp³-hybridized carbons (Fsp3) is 0.0909. The largest absolute Gasteiger partial charge is 0.479 e. The molecule has 100 valence electrons. The molecule has 8 heteroatoms. The first-order chi connectivity index (χ1) is 9.02. The summed E-state index contributed by atoms with van der Waals surface area (Å²) in [5.41, 5.74) is 5.74. The molecule has 19 heavy (non-hydrogen) atoms. The van der Waals surface area contributed by atoms with Crippen LogP contribution < -0.4 is 15.8 Å². The van der Waals surface area contributed by atoms with E-state index in [0.717, 1.165) is 12.1 Å². The first-order valence-corrected chi connectivity index (χ1v) is 5.88. The van der Waals surface area contributed by atoms with Crippen LogP contribution in [0, 0.1) is 11.6 Å². The highest BCUT2D eigenvalue weighted by Gasteiger charge is 2.13. The Balaban J connectivity index is 2.39. The molecule has 0 unspecified atom stereocenters. The average Bonchev–Trinajstić information content (AvgIpc) is 2.38. The zero-order chi connectivity index (χ0) is 14.0. The molecule has 2 aromatic rings. The van der Waals surface area contributed by atoms with Gasteiger partial charge in [-0.1, -0.05) is 0 Å². The molecule has 0 aliphatic heterocycles. The van der Waals surface area contributed by atoms with E-state index < -0.39 is 11.6 Å². The number of nitrogens with zero attached hydrogens (tertiary/aromatic N) is 2. The van der Waals surface area contributed by atoms with E-state index in [2.05, 4.69) is 31.2 Å². The van der Waals surface area contributed by atoms with Gasteiger partial charge in [0.2, 0.25) is 5.88 Å². The lowest BCUT2D eigenvalue weighted by atomic mass is 10.3. The third kappa shape index (κ3) is 2.73. The van der Waals surface area contributed by atoms with Gasteiger partial charge in [0.1, 0.15) is 23.6 Å². The van der Waals surface area contributed by atoms with Gasteiger partial charge in [0.05, 0.1) is 17.3 Å². The molecule has 5 nitrogen and oxygen atoms in total. The molecule has 0 amide bonds. The van der Waals surface area contributed by atoms with Gasteiger partial charge in [-0.25, -0.2) is 13.8 Å². The van der Waals surface area contributed by atoms with Crippen LogP contribution in [-0.2, 0) is 0 Å². The molecule has 3 N–H and O–H groups in total. The molecule has 0 spiro atoms. The van der Waals surface area contributed by atoms with Gasteiger partial charge in [-0.15, -0.1) is 0 Å². The Kier molecular flexibility index (Phi) is 3.79. The van der Waals surface area contributed by atoms with Crippen LogP contribution in [0.2, 0.25) is 0 Å². The molecule has 0 fully saturated rings. The van der Waals surface area contributed by atoms with Gasteiger partial charge in [0, 0.05) is 6.07 Å². The number of hydrogen-bond donors (Lipinski definition) is 2. The number of hydrogen-bond acceptors (Lipinski definition) is 5. The maximum atomic E-state index is 13.7. The van der Waals surface area contributed by atoms with Crippen molar-refractivity contribution in [1.82, 2.24) is 9.97 Å². The van der Waals surface area contributed by atoms with Crippen molar-refractivity contribution in [3.05, 3.63) is 34.6 Å².